The SMILES string of the molecule is COc1ccc(N(C)C(=O)c2cccc(-n3cccc3)c2)cc1OC. The van der Waals surface area contributed by atoms with E-state index in [1.807, 2.05) is 59.4 Å². The van der Waals surface area contributed by atoms with Crippen molar-refractivity contribution in [2.45, 2.75) is 0 Å². The van der Waals surface area contributed by atoms with E-state index in [9.17, 15) is 4.79 Å². The molecule has 3 aromatic rings. The molecule has 128 valence electrons. The van der Waals surface area contributed by atoms with Crippen LogP contribution in [-0.2, 0) is 0 Å². The molecule has 0 unspecified atom stereocenters. The number of methoxy groups -OCH3 is 2. The number of carbonyl (C=O) groups excluding carboxylic acids is 1. The van der Waals surface area contributed by atoms with Gasteiger partial charge in [-0.25, -0.2) is 0 Å². The Labute approximate surface area is 147 Å². The Balaban J connectivity index is 1.89. The molecule has 5 heteroatoms. The molecule has 2 aromatic carbocycles. The Morgan fingerprint density at radius 2 is 1.64 bits per heavy atom. The van der Waals surface area contributed by atoms with Crippen molar-refractivity contribution in [1.82, 2.24) is 4.57 Å². The molecular formula is C20H20N2O3. The first-order chi connectivity index (χ1) is 12.1. The number of benzene rings is 2. The van der Waals surface area contributed by atoms with Crippen LogP contribution in [0.4, 0.5) is 5.69 Å². The lowest BCUT2D eigenvalue weighted by Crippen LogP contribution is -2.26. The standard InChI is InChI=1S/C20H20N2O3/c1-21(16-9-10-18(24-2)19(14-16)25-3)20(23)15-7-6-8-17(13-15)22-11-4-5-12-22/h4-14H,1-3H3. The Bertz CT molecular complexity index is 872. The van der Waals surface area contributed by atoms with Gasteiger partial charge in [0, 0.05) is 42.4 Å². The van der Waals surface area contributed by atoms with E-state index in [0.29, 0.717) is 17.1 Å². The summed E-state index contributed by atoms with van der Waals surface area (Å²) in [7, 11) is 4.90. The second-order valence-corrected chi connectivity index (χ2v) is 5.54. The molecule has 1 amide bonds. The first-order valence-electron chi connectivity index (χ1n) is 7.87. The number of hydrogen-bond acceptors (Lipinski definition) is 3. The van der Waals surface area contributed by atoms with Crippen LogP contribution in [0.25, 0.3) is 5.69 Å². The zero-order valence-electron chi connectivity index (χ0n) is 14.5. The smallest absolute Gasteiger partial charge is 0.258 e. The van der Waals surface area contributed by atoms with Crippen LogP contribution in [0.2, 0.25) is 0 Å². The maximum Gasteiger partial charge on any atom is 0.258 e. The lowest BCUT2D eigenvalue weighted by Gasteiger charge is -2.19. The Morgan fingerprint density at radius 3 is 2.32 bits per heavy atom. The number of rotatable bonds is 5. The van der Waals surface area contributed by atoms with Crippen molar-refractivity contribution in [3.63, 3.8) is 0 Å². The second kappa shape index (κ2) is 7.13. The number of aromatic nitrogens is 1. The summed E-state index contributed by atoms with van der Waals surface area (Å²) in [6.07, 6.45) is 3.89. The second-order valence-electron chi connectivity index (χ2n) is 5.54. The van der Waals surface area contributed by atoms with Gasteiger partial charge in [-0.05, 0) is 42.5 Å². The molecule has 1 aromatic heterocycles. The van der Waals surface area contributed by atoms with Crippen LogP contribution in [0.5, 0.6) is 11.5 Å². The molecule has 0 radical (unpaired) electrons. The molecular weight excluding hydrogens is 316 g/mol. The first kappa shape index (κ1) is 16.6. The highest BCUT2D eigenvalue weighted by atomic mass is 16.5. The lowest BCUT2D eigenvalue weighted by atomic mass is 10.1. The molecule has 1 heterocycles. The van der Waals surface area contributed by atoms with Crippen molar-refractivity contribution in [3.05, 3.63) is 72.6 Å². The summed E-state index contributed by atoms with van der Waals surface area (Å²) in [5.41, 5.74) is 2.29. The van der Waals surface area contributed by atoms with E-state index in [1.165, 1.54) is 0 Å². The van der Waals surface area contributed by atoms with E-state index in [2.05, 4.69) is 0 Å². The third-order valence-electron chi connectivity index (χ3n) is 4.05. The number of hydrogen-bond donors (Lipinski definition) is 0. The van der Waals surface area contributed by atoms with Crippen LogP contribution in [0, 0.1) is 0 Å². The Kier molecular flexibility index (Phi) is 4.75. The average Bonchev–Trinajstić information content (AvgIpc) is 3.21. The van der Waals surface area contributed by atoms with Crippen molar-refractivity contribution in [2.24, 2.45) is 0 Å². The number of ether oxygens (including phenoxy) is 2. The first-order valence-corrected chi connectivity index (χ1v) is 7.87. The summed E-state index contributed by atoms with van der Waals surface area (Å²) in [5, 5.41) is 0. The minimum atomic E-state index is -0.0961. The van der Waals surface area contributed by atoms with Gasteiger partial charge in [-0.2, -0.15) is 0 Å². The Morgan fingerprint density at radius 1 is 0.920 bits per heavy atom. The predicted molar refractivity (Wildman–Crippen MR) is 98.0 cm³/mol. The van der Waals surface area contributed by atoms with Crippen LogP contribution in [-0.4, -0.2) is 31.7 Å². The fraction of sp³-hybridized carbons (Fsp3) is 0.150. The molecule has 0 saturated heterocycles. The van der Waals surface area contributed by atoms with E-state index >= 15 is 0 Å². The molecule has 0 saturated carbocycles. The summed E-state index contributed by atoms with van der Waals surface area (Å²) in [5.74, 6) is 1.11. The van der Waals surface area contributed by atoms with Gasteiger partial charge in [0.15, 0.2) is 11.5 Å². The van der Waals surface area contributed by atoms with Gasteiger partial charge in [0.25, 0.3) is 5.91 Å². The normalized spacial score (nSPS) is 10.4. The van der Waals surface area contributed by atoms with Gasteiger partial charge in [-0.1, -0.05) is 6.07 Å². The van der Waals surface area contributed by atoms with Crippen LogP contribution >= 0.6 is 0 Å². The molecule has 25 heavy (non-hydrogen) atoms. The molecule has 0 N–H and O–H groups in total. The van der Waals surface area contributed by atoms with Gasteiger partial charge >= 0.3 is 0 Å². The summed E-state index contributed by atoms with van der Waals surface area (Å²) in [4.78, 5) is 14.5. The molecule has 0 aliphatic heterocycles. The largest absolute Gasteiger partial charge is 0.493 e. The third kappa shape index (κ3) is 3.35. The molecule has 5 nitrogen and oxygen atoms in total. The zero-order chi connectivity index (χ0) is 17.8. The van der Waals surface area contributed by atoms with Gasteiger partial charge in [0.05, 0.1) is 14.2 Å². The molecule has 0 spiro atoms. The molecule has 0 aliphatic rings. The predicted octanol–water partition coefficient (Wildman–Crippen LogP) is 3.77. The van der Waals surface area contributed by atoms with Crippen LogP contribution < -0.4 is 14.4 Å². The van der Waals surface area contributed by atoms with Crippen molar-refractivity contribution in [1.29, 1.82) is 0 Å². The number of anilines is 1. The van der Waals surface area contributed by atoms with E-state index in [-0.39, 0.29) is 5.91 Å². The summed E-state index contributed by atoms with van der Waals surface area (Å²) in [6.45, 7) is 0. The zero-order valence-corrected chi connectivity index (χ0v) is 14.5. The fourth-order valence-corrected chi connectivity index (χ4v) is 2.65. The highest BCUT2D eigenvalue weighted by Crippen LogP contribution is 2.31. The van der Waals surface area contributed by atoms with Gasteiger partial charge in [0.2, 0.25) is 0 Å². The van der Waals surface area contributed by atoms with E-state index in [0.717, 1.165) is 11.4 Å². The summed E-state index contributed by atoms with van der Waals surface area (Å²) in [6, 6.07) is 16.8. The van der Waals surface area contributed by atoms with E-state index in [1.54, 1.807) is 38.3 Å². The van der Waals surface area contributed by atoms with E-state index in [4.69, 9.17) is 9.47 Å². The summed E-state index contributed by atoms with van der Waals surface area (Å²) < 4.78 is 12.5. The maximum atomic E-state index is 12.9. The summed E-state index contributed by atoms with van der Waals surface area (Å²) >= 11 is 0. The van der Waals surface area contributed by atoms with Crippen molar-refractivity contribution < 1.29 is 14.3 Å². The van der Waals surface area contributed by atoms with Crippen molar-refractivity contribution >= 4 is 11.6 Å². The van der Waals surface area contributed by atoms with E-state index < -0.39 is 0 Å². The van der Waals surface area contributed by atoms with Crippen molar-refractivity contribution in [3.8, 4) is 17.2 Å². The van der Waals surface area contributed by atoms with Crippen LogP contribution in [0.1, 0.15) is 10.4 Å². The quantitative estimate of drug-likeness (QED) is 0.712. The molecule has 0 aliphatic carbocycles. The highest BCUT2D eigenvalue weighted by molar-refractivity contribution is 6.06. The minimum Gasteiger partial charge on any atom is -0.493 e. The monoisotopic (exact) mass is 336 g/mol. The van der Waals surface area contributed by atoms with Gasteiger partial charge in [0.1, 0.15) is 0 Å². The molecule has 0 fully saturated rings. The Hall–Kier alpha value is -3.21. The minimum absolute atomic E-state index is 0.0961. The lowest BCUT2D eigenvalue weighted by molar-refractivity contribution is 0.0993. The van der Waals surface area contributed by atoms with Crippen molar-refractivity contribution in [2.75, 3.05) is 26.2 Å². The maximum absolute atomic E-state index is 12.9. The third-order valence-corrected chi connectivity index (χ3v) is 4.05. The fourth-order valence-electron chi connectivity index (χ4n) is 2.65. The van der Waals surface area contributed by atoms with Crippen LogP contribution in [0.3, 0.4) is 0 Å². The number of carbonyl (C=O) groups is 1. The number of nitrogens with zero attached hydrogens (tertiary/aromatic N) is 2. The van der Waals surface area contributed by atoms with Gasteiger partial charge in [-0.15, -0.1) is 0 Å². The molecule has 3 rings (SSSR count). The van der Waals surface area contributed by atoms with Gasteiger partial charge in [-0.3, -0.25) is 4.79 Å². The average molecular weight is 336 g/mol. The highest BCUT2D eigenvalue weighted by Gasteiger charge is 2.16. The molecule has 0 bridgehead atoms. The topological polar surface area (TPSA) is 43.7 Å². The van der Waals surface area contributed by atoms with Gasteiger partial charge < -0.3 is 18.9 Å². The molecule has 0 atom stereocenters. The van der Waals surface area contributed by atoms with Crippen LogP contribution in [0.15, 0.2) is 67.0 Å². The number of amides is 1.